The average molecular weight is 333 g/mol. The van der Waals surface area contributed by atoms with Crippen LogP contribution in [0.1, 0.15) is 43.0 Å². The van der Waals surface area contributed by atoms with E-state index in [4.69, 9.17) is 9.72 Å². The predicted octanol–water partition coefficient (Wildman–Crippen LogP) is 2.24. The van der Waals surface area contributed by atoms with E-state index in [1.807, 2.05) is 4.40 Å². The highest BCUT2D eigenvalue weighted by molar-refractivity contribution is 7.17. The number of nitrogens with zero attached hydrogens (tertiary/aromatic N) is 3. The van der Waals surface area contributed by atoms with Gasteiger partial charge < -0.3 is 4.74 Å². The molecule has 0 radical (unpaired) electrons. The van der Waals surface area contributed by atoms with Gasteiger partial charge in [0.2, 0.25) is 0 Å². The number of thiazole rings is 1. The topological polar surface area (TPSA) is 46.8 Å². The molecule has 4 rings (SSSR count). The predicted molar refractivity (Wildman–Crippen MR) is 91.3 cm³/mol. The van der Waals surface area contributed by atoms with Crippen LogP contribution >= 0.6 is 11.3 Å². The van der Waals surface area contributed by atoms with Crippen LogP contribution in [0.5, 0.6) is 0 Å². The van der Waals surface area contributed by atoms with Crippen molar-refractivity contribution in [3.63, 3.8) is 0 Å². The normalized spacial score (nSPS) is 25.7. The zero-order valence-corrected chi connectivity index (χ0v) is 14.6. The molecule has 0 unspecified atom stereocenters. The molecule has 0 bridgehead atoms. The third kappa shape index (κ3) is 2.95. The van der Waals surface area contributed by atoms with Gasteiger partial charge in [0.05, 0.1) is 17.9 Å². The SMILES string of the molecule is C[C@H]1CN(Cc2cc(=O)n3c4c(sc3n2)CCCC4)C[C@H](C)O1. The van der Waals surface area contributed by atoms with Gasteiger partial charge in [0.15, 0.2) is 4.96 Å². The zero-order valence-electron chi connectivity index (χ0n) is 13.7. The summed E-state index contributed by atoms with van der Waals surface area (Å²) < 4.78 is 7.62. The second-order valence-corrected chi connectivity index (χ2v) is 7.90. The van der Waals surface area contributed by atoms with Gasteiger partial charge in [-0.1, -0.05) is 0 Å². The molecule has 2 aromatic rings. The number of morpholine rings is 1. The largest absolute Gasteiger partial charge is 0.373 e. The summed E-state index contributed by atoms with van der Waals surface area (Å²) in [6.07, 6.45) is 4.97. The molecular formula is C17H23N3O2S. The van der Waals surface area contributed by atoms with Crippen molar-refractivity contribution < 1.29 is 4.74 Å². The van der Waals surface area contributed by atoms with Crippen molar-refractivity contribution >= 4 is 16.3 Å². The molecular weight excluding hydrogens is 310 g/mol. The Bertz CT molecular complexity index is 772. The number of aryl methyl sites for hydroxylation is 2. The summed E-state index contributed by atoms with van der Waals surface area (Å²) in [7, 11) is 0. The minimum Gasteiger partial charge on any atom is -0.373 e. The molecule has 2 atom stereocenters. The molecule has 1 fully saturated rings. The number of ether oxygens (including phenoxy) is 1. The van der Waals surface area contributed by atoms with Crippen molar-refractivity contribution in [1.82, 2.24) is 14.3 Å². The lowest BCUT2D eigenvalue weighted by Gasteiger charge is -2.34. The summed E-state index contributed by atoms with van der Waals surface area (Å²) in [6.45, 7) is 6.72. The Morgan fingerprint density at radius 2 is 2.00 bits per heavy atom. The molecule has 6 heteroatoms. The maximum absolute atomic E-state index is 12.6. The summed E-state index contributed by atoms with van der Waals surface area (Å²) in [5.74, 6) is 0. The van der Waals surface area contributed by atoms with Gasteiger partial charge in [-0.2, -0.15) is 0 Å². The van der Waals surface area contributed by atoms with Crippen LogP contribution in [-0.2, 0) is 24.1 Å². The van der Waals surface area contributed by atoms with Gasteiger partial charge in [0.1, 0.15) is 0 Å². The van der Waals surface area contributed by atoms with E-state index in [1.54, 1.807) is 17.4 Å². The van der Waals surface area contributed by atoms with Gasteiger partial charge in [-0.25, -0.2) is 4.98 Å². The number of fused-ring (bicyclic) bond motifs is 3. The Morgan fingerprint density at radius 3 is 2.78 bits per heavy atom. The molecule has 0 N–H and O–H groups in total. The maximum Gasteiger partial charge on any atom is 0.259 e. The van der Waals surface area contributed by atoms with Crippen LogP contribution in [0.4, 0.5) is 0 Å². The standard InChI is InChI=1S/C17H23N3O2S/c1-11-8-19(9-12(2)22-11)10-13-7-16(21)20-14-5-3-4-6-15(14)23-17(20)18-13/h7,11-12H,3-6,8-10H2,1-2H3/t11-,12-/m0/s1. The Hall–Kier alpha value is -1.24. The Labute approximate surface area is 139 Å². The smallest absolute Gasteiger partial charge is 0.259 e. The van der Waals surface area contributed by atoms with Gasteiger partial charge in [0, 0.05) is 36.3 Å². The van der Waals surface area contributed by atoms with Gasteiger partial charge >= 0.3 is 0 Å². The third-order valence-electron chi connectivity index (χ3n) is 4.70. The van der Waals surface area contributed by atoms with E-state index in [-0.39, 0.29) is 17.8 Å². The number of rotatable bonds is 2. The summed E-state index contributed by atoms with van der Waals surface area (Å²) in [6, 6.07) is 1.72. The average Bonchev–Trinajstić information content (AvgIpc) is 2.84. The minimum absolute atomic E-state index is 0.0822. The number of hydrogen-bond donors (Lipinski definition) is 0. The van der Waals surface area contributed by atoms with E-state index in [0.717, 1.165) is 43.1 Å². The van der Waals surface area contributed by atoms with Crippen molar-refractivity contribution in [2.75, 3.05) is 13.1 Å². The lowest BCUT2D eigenvalue weighted by atomic mass is 10.0. The van der Waals surface area contributed by atoms with Crippen LogP contribution in [0.15, 0.2) is 10.9 Å². The second-order valence-electron chi connectivity index (χ2n) is 6.83. The van der Waals surface area contributed by atoms with E-state index in [1.165, 1.54) is 23.4 Å². The summed E-state index contributed by atoms with van der Waals surface area (Å²) in [5, 5.41) is 0. The first-order valence-corrected chi connectivity index (χ1v) is 9.33. The van der Waals surface area contributed by atoms with Crippen LogP contribution in [0.25, 0.3) is 4.96 Å². The van der Waals surface area contributed by atoms with Crippen LogP contribution in [0.2, 0.25) is 0 Å². The summed E-state index contributed by atoms with van der Waals surface area (Å²) in [5.41, 5.74) is 2.17. The van der Waals surface area contributed by atoms with Gasteiger partial charge in [-0.15, -0.1) is 11.3 Å². The third-order valence-corrected chi connectivity index (χ3v) is 5.84. The lowest BCUT2D eigenvalue weighted by Crippen LogP contribution is -2.45. The maximum atomic E-state index is 12.6. The number of aromatic nitrogens is 2. The van der Waals surface area contributed by atoms with E-state index < -0.39 is 0 Å². The van der Waals surface area contributed by atoms with Gasteiger partial charge in [-0.05, 0) is 39.5 Å². The Morgan fingerprint density at radius 1 is 1.26 bits per heavy atom. The molecule has 2 aromatic heterocycles. The van der Waals surface area contributed by atoms with Crippen LogP contribution in [-0.4, -0.2) is 39.6 Å². The molecule has 2 aliphatic rings. The fraction of sp³-hybridized carbons (Fsp3) is 0.647. The van der Waals surface area contributed by atoms with E-state index >= 15 is 0 Å². The molecule has 0 saturated carbocycles. The van der Waals surface area contributed by atoms with E-state index in [2.05, 4.69) is 18.7 Å². The first kappa shape index (κ1) is 15.3. The van der Waals surface area contributed by atoms with Crippen LogP contribution in [0.3, 0.4) is 0 Å². The quantitative estimate of drug-likeness (QED) is 0.846. The first-order chi connectivity index (χ1) is 11.1. The monoisotopic (exact) mass is 333 g/mol. The van der Waals surface area contributed by atoms with Crippen molar-refractivity contribution in [2.45, 2.75) is 58.3 Å². The molecule has 1 saturated heterocycles. The zero-order chi connectivity index (χ0) is 16.0. The Kier molecular flexibility index (Phi) is 3.99. The van der Waals surface area contributed by atoms with Gasteiger partial charge in [0.25, 0.3) is 5.56 Å². The fourth-order valence-electron chi connectivity index (χ4n) is 3.87. The van der Waals surface area contributed by atoms with E-state index in [0.29, 0.717) is 0 Å². The second kappa shape index (κ2) is 6.00. The molecule has 1 aliphatic heterocycles. The van der Waals surface area contributed by atoms with E-state index in [9.17, 15) is 4.79 Å². The minimum atomic E-state index is 0.0822. The highest BCUT2D eigenvalue weighted by atomic mass is 32.1. The van der Waals surface area contributed by atoms with Crippen molar-refractivity contribution in [2.24, 2.45) is 0 Å². The molecule has 0 aromatic carbocycles. The Balaban J connectivity index is 1.65. The van der Waals surface area contributed by atoms with Crippen LogP contribution < -0.4 is 5.56 Å². The molecule has 1 aliphatic carbocycles. The molecule has 0 spiro atoms. The fourth-order valence-corrected chi connectivity index (χ4v) is 5.10. The summed E-state index contributed by atoms with van der Waals surface area (Å²) >= 11 is 1.70. The van der Waals surface area contributed by atoms with Crippen LogP contribution in [0, 0.1) is 0 Å². The lowest BCUT2D eigenvalue weighted by molar-refractivity contribution is -0.0707. The molecule has 0 amide bonds. The van der Waals surface area contributed by atoms with Crippen molar-refractivity contribution in [3.05, 3.63) is 32.7 Å². The van der Waals surface area contributed by atoms with Gasteiger partial charge in [-0.3, -0.25) is 14.1 Å². The number of hydrogen-bond acceptors (Lipinski definition) is 5. The molecule has 5 nitrogen and oxygen atoms in total. The highest BCUT2D eigenvalue weighted by Gasteiger charge is 2.23. The summed E-state index contributed by atoms with van der Waals surface area (Å²) in [4.78, 5) is 21.9. The first-order valence-electron chi connectivity index (χ1n) is 8.51. The highest BCUT2D eigenvalue weighted by Crippen LogP contribution is 2.28. The molecule has 3 heterocycles. The molecule has 23 heavy (non-hydrogen) atoms. The van der Waals surface area contributed by atoms with Crippen molar-refractivity contribution in [1.29, 1.82) is 0 Å². The molecule has 124 valence electrons. The van der Waals surface area contributed by atoms with Crippen molar-refractivity contribution in [3.8, 4) is 0 Å².